The van der Waals surface area contributed by atoms with Crippen molar-refractivity contribution in [3.05, 3.63) is 58.3 Å². The highest BCUT2D eigenvalue weighted by Gasteiger charge is 2.35. The first-order chi connectivity index (χ1) is 12.2. The van der Waals surface area contributed by atoms with Gasteiger partial charge in [-0.15, -0.1) is 0 Å². The third-order valence-corrected chi connectivity index (χ3v) is 4.67. The Labute approximate surface area is 149 Å². The molecule has 128 valence electrons. The molecule has 0 radical (unpaired) electrons. The number of ketones is 1. The van der Waals surface area contributed by atoms with Gasteiger partial charge in [0.15, 0.2) is 11.7 Å². The van der Waals surface area contributed by atoms with Gasteiger partial charge in [-0.1, -0.05) is 11.6 Å². The minimum Gasteiger partial charge on any atom is -0.343 e. The molecule has 7 nitrogen and oxygen atoms in total. The molecular formula is C17H17ClN6O. The summed E-state index contributed by atoms with van der Waals surface area (Å²) in [5, 5.41) is 13.9. The number of nitrogens with one attached hydrogen (secondary N) is 3. The lowest BCUT2D eigenvalue weighted by atomic mass is 9.87. The first-order valence-electron chi connectivity index (χ1n) is 8.14. The lowest BCUT2D eigenvalue weighted by Gasteiger charge is -2.33. The number of carbonyl (C=O) groups is 1. The molecule has 1 aliphatic carbocycles. The summed E-state index contributed by atoms with van der Waals surface area (Å²) in [4.78, 5) is 21.1. The smallest absolute Gasteiger partial charge is 0.196 e. The number of pyridine rings is 1. The Bertz CT molecular complexity index is 857. The molecule has 0 spiro atoms. The van der Waals surface area contributed by atoms with Gasteiger partial charge in [0.25, 0.3) is 0 Å². The largest absolute Gasteiger partial charge is 0.343 e. The molecule has 0 saturated carbocycles. The average Bonchev–Trinajstić information content (AvgIpc) is 3.06. The van der Waals surface area contributed by atoms with Gasteiger partial charge in [0.05, 0.1) is 23.5 Å². The van der Waals surface area contributed by atoms with Gasteiger partial charge in [-0.25, -0.2) is 4.99 Å². The average molecular weight is 357 g/mol. The highest BCUT2D eigenvalue weighted by Crippen LogP contribution is 2.35. The summed E-state index contributed by atoms with van der Waals surface area (Å²) in [6.45, 7) is 0.512. The van der Waals surface area contributed by atoms with Crippen molar-refractivity contribution in [3.8, 4) is 0 Å². The number of aliphatic imine (C=N–C) groups is 1. The molecule has 8 heteroatoms. The van der Waals surface area contributed by atoms with Gasteiger partial charge in [0, 0.05) is 30.1 Å². The van der Waals surface area contributed by atoms with Gasteiger partial charge in [0.2, 0.25) is 0 Å². The second-order valence-corrected chi connectivity index (χ2v) is 6.43. The highest BCUT2D eigenvalue weighted by molar-refractivity contribution is 6.31. The molecule has 1 unspecified atom stereocenters. The Morgan fingerprint density at radius 3 is 2.88 bits per heavy atom. The van der Waals surface area contributed by atoms with Crippen LogP contribution in [-0.4, -0.2) is 26.9 Å². The quantitative estimate of drug-likeness (QED) is 0.784. The molecule has 2 aromatic heterocycles. The zero-order chi connectivity index (χ0) is 17.2. The fourth-order valence-electron chi connectivity index (χ4n) is 3.16. The van der Waals surface area contributed by atoms with E-state index in [-0.39, 0.29) is 11.8 Å². The van der Waals surface area contributed by atoms with Gasteiger partial charge < -0.3 is 10.6 Å². The molecule has 3 heterocycles. The fourth-order valence-corrected chi connectivity index (χ4v) is 3.36. The number of H-pyrrole nitrogens is 1. The summed E-state index contributed by atoms with van der Waals surface area (Å²) in [7, 11) is 0. The minimum atomic E-state index is -0.366. The molecule has 3 N–H and O–H groups in total. The van der Waals surface area contributed by atoms with Gasteiger partial charge in [0.1, 0.15) is 6.04 Å². The maximum atomic E-state index is 12.5. The predicted molar refractivity (Wildman–Crippen MR) is 93.9 cm³/mol. The zero-order valence-electron chi connectivity index (χ0n) is 13.4. The Kier molecular flexibility index (Phi) is 4.23. The van der Waals surface area contributed by atoms with E-state index in [1.165, 1.54) is 0 Å². The first kappa shape index (κ1) is 15.8. The van der Waals surface area contributed by atoms with Crippen LogP contribution >= 0.6 is 11.6 Å². The zero-order valence-corrected chi connectivity index (χ0v) is 14.2. The molecule has 2 aliphatic rings. The molecule has 4 rings (SSSR count). The number of hydrogen-bond donors (Lipinski definition) is 3. The Balaban J connectivity index is 1.67. The van der Waals surface area contributed by atoms with E-state index in [9.17, 15) is 4.79 Å². The SMILES string of the molecule is O=C1CCCC2=C1C(c1[nH]ncc1Cl)NC(=NCc1ccncc1)N2. The van der Waals surface area contributed by atoms with E-state index in [0.717, 1.165) is 29.7 Å². The van der Waals surface area contributed by atoms with Gasteiger partial charge in [-0.05, 0) is 30.5 Å². The molecule has 0 fully saturated rings. The molecule has 0 aromatic carbocycles. The van der Waals surface area contributed by atoms with Crippen molar-refractivity contribution in [2.24, 2.45) is 4.99 Å². The van der Waals surface area contributed by atoms with Gasteiger partial charge in [-0.3, -0.25) is 14.9 Å². The predicted octanol–water partition coefficient (Wildman–Crippen LogP) is 2.26. The molecular weight excluding hydrogens is 340 g/mol. The van der Waals surface area contributed by atoms with E-state index in [4.69, 9.17) is 11.6 Å². The number of nitrogens with zero attached hydrogens (tertiary/aromatic N) is 3. The van der Waals surface area contributed by atoms with Crippen LogP contribution in [0, 0.1) is 0 Å². The summed E-state index contributed by atoms with van der Waals surface area (Å²) in [6, 6.07) is 3.48. The third-order valence-electron chi connectivity index (χ3n) is 4.37. The van der Waals surface area contributed by atoms with Crippen LogP contribution in [0.25, 0.3) is 0 Å². The summed E-state index contributed by atoms with van der Waals surface area (Å²) >= 11 is 6.24. The van der Waals surface area contributed by atoms with E-state index >= 15 is 0 Å². The van der Waals surface area contributed by atoms with Crippen LogP contribution < -0.4 is 10.6 Å². The van der Waals surface area contributed by atoms with Crippen LogP contribution in [0.1, 0.15) is 36.6 Å². The van der Waals surface area contributed by atoms with Crippen LogP contribution in [0.4, 0.5) is 0 Å². The molecule has 2 aromatic rings. The molecule has 0 amide bonds. The molecule has 25 heavy (non-hydrogen) atoms. The van der Waals surface area contributed by atoms with E-state index in [1.807, 2.05) is 12.1 Å². The van der Waals surface area contributed by atoms with Crippen LogP contribution in [0.5, 0.6) is 0 Å². The van der Waals surface area contributed by atoms with Crippen molar-refractivity contribution in [3.63, 3.8) is 0 Å². The number of Topliss-reactive ketones (excluding diaryl/α,β-unsaturated/α-hetero) is 1. The van der Waals surface area contributed by atoms with E-state index in [2.05, 4.69) is 30.8 Å². The van der Waals surface area contributed by atoms with E-state index < -0.39 is 0 Å². The lowest BCUT2D eigenvalue weighted by Crippen LogP contribution is -2.48. The van der Waals surface area contributed by atoms with Crippen molar-refractivity contribution in [1.82, 2.24) is 25.8 Å². The maximum Gasteiger partial charge on any atom is 0.196 e. The summed E-state index contributed by atoms with van der Waals surface area (Å²) in [6.07, 6.45) is 7.23. The summed E-state index contributed by atoms with van der Waals surface area (Å²) < 4.78 is 0. The van der Waals surface area contributed by atoms with Crippen molar-refractivity contribution >= 4 is 23.3 Å². The van der Waals surface area contributed by atoms with E-state index in [1.54, 1.807) is 18.6 Å². The molecule has 1 atom stereocenters. The van der Waals surface area contributed by atoms with Crippen molar-refractivity contribution in [1.29, 1.82) is 0 Å². The van der Waals surface area contributed by atoms with Crippen molar-refractivity contribution in [2.75, 3.05) is 0 Å². The van der Waals surface area contributed by atoms with Crippen molar-refractivity contribution in [2.45, 2.75) is 31.8 Å². The van der Waals surface area contributed by atoms with Crippen LogP contribution in [0.3, 0.4) is 0 Å². The monoisotopic (exact) mass is 356 g/mol. The minimum absolute atomic E-state index is 0.130. The number of aromatic nitrogens is 3. The Morgan fingerprint density at radius 2 is 2.12 bits per heavy atom. The highest BCUT2D eigenvalue weighted by atomic mass is 35.5. The first-order valence-corrected chi connectivity index (χ1v) is 8.52. The number of rotatable bonds is 3. The standard InChI is InChI=1S/C17H17ClN6O/c18-11-9-21-24-15(11)16-14-12(2-1-3-13(14)25)22-17(23-16)20-8-10-4-6-19-7-5-10/h4-7,9,16H,1-3,8H2,(H,21,24)(H2,20,22,23). The second kappa shape index (κ2) is 6.68. The van der Waals surface area contributed by atoms with Crippen LogP contribution in [0.15, 0.2) is 47.0 Å². The van der Waals surface area contributed by atoms with Crippen molar-refractivity contribution < 1.29 is 4.79 Å². The van der Waals surface area contributed by atoms with Gasteiger partial charge >= 0.3 is 0 Å². The number of carbonyl (C=O) groups excluding carboxylic acids is 1. The Morgan fingerprint density at radius 1 is 1.28 bits per heavy atom. The Hall–Kier alpha value is -2.67. The fraction of sp³-hybridized carbons (Fsp3) is 0.294. The molecule has 0 saturated heterocycles. The normalized spacial score (nSPS) is 21.7. The number of hydrogen-bond acceptors (Lipinski definition) is 4. The third kappa shape index (κ3) is 3.15. The summed E-state index contributed by atoms with van der Waals surface area (Å²) in [5.41, 5.74) is 3.38. The van der Waals surface area contributed by atoms with Crippen LogP contribution in [0.2, 0.25) is 5.02 Å². The number of halogens is 1. The lowest BCUT2D eigenvalue weighted by molar-refractivity contribution is -0.116. The second-order valence-electron chi connectivity index (χ2n) is 6.02. The van der Waals surface area contributed by atoms with Gasteiger partial charge in [-0.2, -0.15) is 5.10 Å². The number of guanidine groups is 1. The number of aromatic amines is 1. The maximum absolute atomic E-state index is 12.5. The molecule has 0 bridgehead atoms. The van der Waals surface area contributed by atoms with E-state index in [0.29, 0.717) is 29.6 Å². The number of allylic oxidation sites excluding steroid dienone is 1. The van der Waals surface area contributed by atoms with Crippen LogP contribution in [-0.2, 0) is 11.3 Å². The topological polar surface area (TPSA) is 95.1 Å². The summed E-state index contributed by atoms with van der Waals surface area (Å²) in [5.74, 6) is 0.756. The molecule has 1 aliphatic heterocycles.